The highest BCUT2D eigenvalue weighted by Crippen LogP contribution is 2.23. The second kappa shape index (κ2) is 8.75. The normalized spacial score (nSPS) is 12.0. The molecule has 0 saturated carbocycles. The number of thiazole rings is 1. The molecule has 2 aromatic heterocycles. The van der Waals surface area contributed by atoms with Crippen molar-refractivity contribution in [1.29, 1.82) is 0 Å². The van der Waals surface area contributed by atoms with Crippen LogP contribution in [0.4, 0.5) is 0 Å². The van der Waals surface area contributed by atoms with Crippen molar-refractivity contribution in [2.75, 3.05) is 14.1 Å². The third kappa shape index (κ3) is 5.40. The molecule has 0 saturated heterocycles. The lowest BCUT2D eigenvalue weighted by Crippen LogP contribution is -2.38. The van der Waals surface area contributed by atoms with E-state index in [0.29, 0.717) is 13.1 Å². The van der Waals surface area contributed by atoms with Crippen molar-refractivity contribution < 1.29 is 0 Å². The Kier molecular flexibility index (Phi) is 7.58. The molecule has 2 heterocycles. The Morgan fingerprint density at radius 2 is 2.12 bits per heavy atom. The Hall–Kier alpha value is -1.23. The molecule has 2 rings (SSSR count). The average Bonchev–Trinajstić information content (AvgIpc) is 3.09. The number of nitrogens with one attached hydrogen (secondary N) is 1. The molecule has 1 N–H and O–H groups in total. The van der Waals surface area contributed by atoms with Crippen LogP contribution in [0.3, 0.4) is 0 Å². The molecular weight excluding hydrogens is 437 g/mol. The Labute approximate surface area is 164 Å². The molecule has 0 atom stereocenters. The standard InChI is InChI=1S/C15H25N7S.HI/c1-15(2,3)11-9-23-13(20-11)7-17-14(16-4)21(5)8-12-18-10-19-22(12)6;/h9-10H,7-8H2,1-6H3,(H,16,17);1H. The van der Waals surface area contributed by atoms with E-state index in [1.807, 2.05) is 19.0 Å². The molecule has 0 radical (unpaired) electrons. The van der Waals surface area contributed by atoms with Crippen LogP contribution in [0.1, 0.15) is 37.3 Å². The highest BCUT2D eigenvalue weighted by atomic mass is 127. The average molecular weight is 463 g/mol. The number of halogens is 1. The maximum atomic E-state index is 4.69. The maximum absolute atomic E-state index is 4.69. The van der Waals surface area contributed by atoms with E-state index in [0.717, 1.165) is 22.5 Å². The summed E-state index contributed by atoms with van der Waals surface area (Å²) in [7, 11) is 5.64. The van der Waals surface area contributed by atoms with Crippen LogP contribution in [-0.4, -0.2) is 44.7 Å². The van der Waals surface area contributed by atoms with Crippen LogP contribution < -0.4 is 5.32 Å². The summed E-state index contributed by atoms with van der Waals surface area (Å²) in [6.07, 6.45) is 1.56. The molecule has 134 valence electrons. The van der Waals surface area contributed by atoms with Gasteiger partial charge in [0, 0.05) is 31.9 Å². The Bertz CT molecular complexity index is 671. The first-order chi connectivity index (χ1) is 10.8. The third-order valence-corrected chi connectivity index (χ3v) is 4.32. The molecule has 0 aliphatic rings. The van der Waals surface area contributed by atoms with E-state index in [2.05, 4.69) is 46.5 Å². The summed E-state index contributed by atoms with van der Waals surface area (Å²) in [6.45, 7) is 7.82. The lowest BCUT2D eigenvalue weighted by atomic mass is 9.93. The number of hydrogen-bond donors (Lipinski definition) is 1. The fourth-order valence-electron chi connectivity index (χ4n) is 2.03. The van der Waals surface area contributed by atoms with Crippen LogP contribution in [0.15, 0.2) is 16.7 Å². The van der Waals surface area contributed by atoms with Crippen molar-refractivity contribution in [3.8, 4) is 0 Å². The lowest BCUT2D eigenvalue weighted by molar-refractivity contribution is 0.448. The van der Waals surface area contributed by atoms with Gasteiger partial charge in [0.1, 0.15) is 17.2 Å². The van der Waals surface area contributed by atoms with Crippen LogP contribution in [0.25, 0.3) is 0 Å². The van der Waals surface area contributed by atoms with Gasteiger partial charge < -0.3 is 10.2 Å². The summed E-state index contributed by atoms with van der Waals surface area (Å²) in [6, 6.07) is 0. The van der Waals surface area contributed by atoms with Gasteiger partial charge in [-0.2, -0.15) is 5.10 Å². The molecule has 2 aromatic rings. The summed E-state index contributed by atoms with van der Waals surface area (Å²) in [5, 5.41) is 10.6. The Balaban J connectivity index is 0.00000288. The summed E-state index contributed by atoms with van der Waals surface area (Å²) in [4.78, 5) is 15.3. The molecule has 0 amide bonds. The first-order valence-electron chi connectivity index (χ1n) is 7.51. The van der Waals surface area contributed by atoms with Crippen molar-refractivity contribution in [3.63, 3.8) is 0 Å². The maximum Gasteiger partial charge on any atom is 0.194 e. The third-order valence-electron chi connectivity index (χ3n) is 3.48. The van der Waals surface area contributed by atoms with Gasteiger partial charge in [-0.05, 0) is 0 Å². The molecule has 9 heteroatoms. The van der Waals surface area contributed by atoms with Gasteiger partial charge in [-0.3, -0.25) is 9.67 Å². The minimum absolute atomic E-state index is 0. The van der Waals surface area contributed by atoms with E-state index >= 15 is 0 Å². The molecule has 7 nitrogen and oxygen atoms in total. The summed E-state index contributed by atoms with van der Waals surface area (Å²) < 4.78 is 1.76. The number of aromatic nitrogens is 4. The van der Waals surface area contributed by atoms with Crippen LogP contribution in [0, 0.1) is 0 Å². The zero-order valence-corrected chi connectivity index (χ0v) is 18.2. The summed E-state index contributed by atoms with van der Waals surface area (Å²) >= 11 is 1.67. The Morgan fingerprint density at radius 1 is 1.42 bits per heavy atom. The van der Waals surface area contributed by atoms with Gasteiger partial charge in [-0.1, -0.05) is 20.8 Å². The molecule has 0 fully saturated rings. The van der Waals surface area contributed by atoms with Gasteiger partial charge in [0.25, 0.3) is 0 Å². The molecule has 24 heavy (non-hydrogen) atoms. The van der Waals surface area contributed by atoms with Crippen LogP contribution in [0.5, 0.6) is 0 Å². The molecule has 0 aliphatic heterocycles. The summed E-state index contributed by atoms with van der Waals surface area (Å²) in [5.41, 5.74) is 1.21. The zero-order chi connectivity index (χ0) is 17.0. The Morgan fingerprint density at radius 3 is 2.62 bits per heavy atom. The topological polar surface area (TPSA) is 71.2 Å². The second-order valence-electron chi connectivity index (χ2n) is 6.43. The zero-order valence-electron chi connectivity index (χ0n) is 15.1. The summed E-state index contributed by atoms with van der Waals surface area (Å²) in [5.74, 6) is 1.69. The lowest BCUT2D eigenvalue weighted by Gasteiger charge is -2.21. The van der Waals surface area contributed by atoms with Crippen LogP contribution >= 0.6 is 35.3 Å². The van der Waals surface area contributed by atoms with Gasteiger partial charge >= 0.3 is 0 Å². The number of aryl methyl sites for hydroxylation is 1. The number of nitrogens with zero attached hydrogens (tertiary/aromatic N) is 6. The van der Waals surface area contributed by atoms with E-state index < -0.39 is 0 Å². The van der Waals surface area contributed by atoms with E-state index in [1.165, 1.54) is 0 Å². The quantitative estimate of drug-likeness (QED) is 0.429. The van der Waals surface area contributed by atoms with E-state index in [-0.39, 0.29) is 29.4 Å². The molecular formula is C15H26IN7S. The minimum Gasteiger partial charge on any atom is -0.350 e. The first-order valence-corrected chi connectivity index (χ1v) is 8.38. The SMILES string of the molecule is CN=C(NCc1nc(C(C)(C)C)cs1)N(C)Cc1ncnn1C.I. The number of aliphatic imine (C=N–C) groups is 1. The number of guanidine groups is 1. The molecule has 0 aliphatic carbocycles. The largest absolute Gasteiger partial charge is 0.350 e. The van der Waals surface area contributed by atoms with Crippen molar-refractivity contribution in [2.24, 2.45) is 12.0 Å². The van der Waals surface area contributed by atoms with Gasteiger partial charge in [0.2, 0.25) is 0 Å². The fourth-order valence-corrected chi connectivity index (χ4v) is 2.99. The highest BCUT2D eigenvalue weighted by molar-refractivity contribution is 14.0. The van der Waals surface area contributed by atoms with Gasteiger partial charge in [0.05, 0.1) is 18.8 Å². The monoisotopic (exact) mass is 463 g/mol. The molecule has 0 unspecified atom stereocenters. The van der Waals surface area contributed by atoms with Crippen molar-refractivity contribution >= 4 is 41.3 Å². The van der Waals surface area contributed by atoms with Crippen molar-refractivity contribution in [3.05, 3.63) is 28.2 Å². The highest BCUT2D eigenvalue weighted by Gasteiger charge is 2.17. The second-order valence-corrected chi connectivity index (χ2v) is 7.38. The molecule has 0 spiro atoms. The molecule has 0 bridgehead atoms. The van der Waals surface area contributed by atoms with Crippen LogP contribution in [0.2, 0.25) is 0 Å². The predicted molar refractivity (Wildman–Crippen MR) is 109 cm³/mol. The number of hydrogen-bond acceptors (Lipinski definition) is 5. The minimum atomic E-state index is 0. The number of rotatable bonds is 4. The van der Waals surface area contributed by atoms with E-state index in [9.17, 15) is 0 Å². The van der Waals surface area contributed by atoms with Gasteiger partial charge in [-0.25, -0.2) is 9.97 Å². The smallest absolute Gasteiger partial charge is 0.194 e. The van der Waals surface area contributed by atoms with E-state index in [4.69, 9.17) is 4.98 Å². The van der Waals surface area contributed by atoms with Crippen LogP contribution in [-0.2, 0) is 25.6 Å². The van der Waals surface area contributed by atoms with Gasteiger partial charge in [0.15, 0.2) is 5.96 Å². The van der Waals surface area contributed by atoms with Crippen molar-refractivity contribution in [2.45, 2.75) is 39.3 Å². The van der Waals surface area contributed by atoms with Crippen molar-refractivity contribution in [1.82, 2.24) is 30.0 Å². The van der Waals surface area contributed by atoms with Gasteiger partial charge in [-0.15, -0.1) is 35.3 Å². The predicted octanol–water partition coefficient (Wildman–Crippen LogP) is 2.39. The van der Waals surface area contributed by atoms with E-state index in [1.54, 1.807) is 29.4 Å². The molecule has 0 aromatic carbocycles. The fraction of sp³-hybridized carbons (Fsp3) is 0.600. The first kappa shape index (κ1) is 20.8.